The van der Waals surface area contributed by atoms with E-state index in [1.807, 2.05) is 6.07 Å². The summed E-state index contributed by atoms with van der Waals surface area (Å²) in [5, 5.41) is 17.6. The molecule has 20 heavy (non-hydrogen) atoms. The highest BCUT2D eigenvalue weighted by atomic mass is 32.2. The Labute approximate surface area is 121 Å². The normalized spacial score (nSPS) is 11.8. The van der Waals surface area contributed by atoms with Gasteiger partial charge in [0.1, 0.15) is 21.7 Å². The zero-order chi connectivity index (χ0) is 15.3. The molecule has 0 fully saturated rings. The average molecular weight is 317 g/mol. The fourth-order valence-corrected chi connectivity index (χ4v) is 4.03. The molecule has 9 heteroatoms. The molecule has 0 saturated heterocycles. The predicted molar refractivity (Wildman–Crippen MR) is 74.0 cm³/mol. The monoisotopic (exact) mass is 317 g/mol. The molecule has 1 aromatic rings. The van der Waals surface area contributed by atoms with Gasteiger partial charge in [0, 0.05) is 13.1 Å². The number of nitriles is 1. The summed E-state index contributed by atoms with van der Waals surface area (Å²) in [5.41, 5.74) is 0. The fourth-order valence-electron chi connectivity index (χ4n) is 1.39. The van der Waals surface area contributed by atoms with Gasteiger partial charge in [0.25, 0.3) is 10.0 Å². The summed E-state index contributed by atoms with van der Waals surface area (Å²) in [7, 11) is -0.351. The van der Waals surface area contributed by atoms with Gasteiger partial charge in [-0.25, -0.2) is 8.42 Å². The number of thiophene rings is 1. The summed E-state index contributed by atoms with van der Waals surface area (Å²) in [6.45, 7) is -0.125. The van der Waals surface area contributed by atoms with E-state index in [0.29, 0.717) is 6.54 Å². The molecule has 1 N–H and O–H groups in total. The van der Waals surface area contributed by atoms with Gasteiger partial charge in [0.15, 0.2) is 0 Å². The lowest BCUT2D eigenvalue weighted by atomic mass is 10.5. The van der Waals surface area contributed by atoms with Gasteiger partial charge in [0.2, 0.25) is 0 Å². The third-order valence-electron chi connectivity index (χ3n) is 2.39. The van der Waals surface area contributed by atoms with Crippen molar-refractivity contribution in [3.05, 3.63) is 17.0 Å². The maximum absolute atomic E-state index is 12.4. The summed E-state index contributed by atoms with van der Waals surface area (Å²) >= 11 is 0.832. The number of hydrogen-bond acceptors (Lipinski definition) is 6. The number of carbonyl (C=O) groups is 1. The smallest absolute Gasteiger partial charge is 0.318 e. The number of rotatable bonds is 7. The van der Waals surface area contributed by atoms with Crippen LogP contribution in [0.1, 0.15) is 4.88 Å². The molecule has 0 amide bonds. The number of sulfonamides is 1. The van der Waals surface area contributed by atoms with E-state index in [2.05, 4.69) is 0 Å². The van der Waals surface area contributed by atoms with Crippen LogP contribution in [0.3, 0.4) is 0 Å². The molecule has 0 unspecified atom stereocenters. The van der Waals surface area contributed by atoms with E-state index < -0.39 is 22.5 Å². The fraction of sp³-hybridized carbons (Fsp3) is 0.455. The Morgan fingerprint density at radius 1 is 1.40 bits per heavy atom. The van der Waals surface area contributed by atoms with Crippen LogP contribution in [0.4, 0.5) is 0 Å². The minimum absolute atomic E-state index is 0.0194. The highest BCUT2D eigenvalue weighted by molar-refractivity contribution is 7.91. The van der Waals surface area contributed by atoms with Crippen LogP contribution < -0.4 is 0 Å². The molecule has 0 aromatic carbocycles. The van der Waals surface area contributed by atoms with Crippen molar-refractivity contribution >= 4 is 27.3 Å². The number of carboxylic acid groups (broad SMARTS) is 1. The third kappa shape index (κ3) is 4.28. The third-order valence-corrected chi connectivity index (χ3v) is 5.70. The van der Waals surface area contributed by atoms with E-state index in [0.717, 1.165) is 15.6 Å². The van der Waals surface area contributed by atoms with E-state index >= 15 is 0 Å². The number of aliphatic carboxylic acids is 1. The minimum Gasteiger partial charge on any atom is -0.480 e. The van der Waals surface area contributed by atoms with Gasteiger partial charge in [-0.15, -0.1) is 11.3 Å². The second kappa shape index (κ2) is 6.81. The van der Waals surface area contributed by atoms with Crippen molar-refractivity contribution in [2.24, 2.45) is 0 Å². The van der Waals surface area contributed by atoms with Crippen LogP contribution in [0.25, 0.3) is 0 Å². The van der Waals surface area contributed by atoms with Crippen molar-refractivity contribution in [3.63, 3.8) is 0 Å². The molecule has 0 saturated carbocycles. The first-order valence-corrected chi connectivity index (χ1v) is 7.89. The molecule has 110 valence electrons. The molecule has 0 aliphatic carbocycles. The van der Waals surface area contributed by atoms with E-state index in [1.165, 1.54) is 12.1 Å². The molecular weight excluding hydrogens is 302 g/mol. The zero-order valence-electron chi connectivity index (χ0n) is 11.1. The lowest BCUT2D eigenvalue weighted by molar-refractivity contribution is -0.137. The van der Waals surface area contributed by atoms with Gasteiger partial charge in [-0.2, -0.15) is 9.57 Å². The van der Waals surface area contributed by atoms with Crippen LogP contribution in [0, 0.1) is 11.3 Å². The largest absolute Gasteiger partial charge is 0.480 e. The van der Waals surface area contributed by atoms with Crippen LogP contribution in [0.5, 0.6) is 0 Å². The molecule has 1 rings (SSSR count). The lowest BCUT2D eigenvalue weighted by Crippen LogP contribution is -2.39. The van der Waals surface area contributed by atoms with Gasteiger partial charge < -0.3 is 10.0 Å². The van der Waals surface area contributed by atoms with E-state index in [-0.39, 0.29) is 15.6 Å². The summed E-state index contributed by atoms with van der Waals surface area (Å²) in [6.07, 6.45) is 0. The van der Waals surface area contributed by atoms with E-state index in [9.17, 15) is 13.2 Å². The second-order valence-electron chi connectivity index (χ2n) is 4.27. The van der Waals surface area contributed by atoms with Crippen molar-refractivity contribution in [1.29, 1.82) is 5.26 Å². The number of carboxylic acids is 1. The second-order valence-corrected chi connectivity index (χ2v) is 7.51. The summed E-state index contributed by atoms with van der Waals surface area (Å²) in [6, 6.07) is 4.59. The zero-order valence-corrected chi connectivity index (χ0v) is 12.7. The standard InChI is InChI=1S/C11H15N3O4S2/c1-13(2)5-6-14(8-10(15)16)20(17,18)11-4-3-9(7-12)19-11/h3-4H,5-6,8H2,1-2H3,(H,15,16). The quantitative estimate of drug-likeness (QED) is 0.774. The first-order valence-electron chi connectivity index (χ1n) is 5.64. The summed E-state index contributed by atoms with van der Waals surface area (Å²) in [5.74, 6) is -1.22. The molecule has 0 aliphatic heterocycles. The first kappa shape index (κ1) is 16.6. The Balaban J connectivity index is 3.03. The molecule has 7 nitrogen and oxygen atoms in total. The van der Waals surface area contributed by atoms with Crippen molar-refractivity contribution in [2.45, 2.75) is 4.21 Å². The molecule has 0 bridgehead atoms. The van der Waals surface area contributed by atoms with Crippen molar-refractivity contribution < 1.29 is 18.3 Å². The lowest BCUT2D eigenvalue weighted by Gasteiger charge is -2.21. The highest BCUT2D eigenvalue weighted by Crippen LogP contribution is 2.24. The van der Waals surface area contributed by atoms with Gasteiger partial charge in [-0.3, -0.25) is 4.79 Å². The van der Waals surface area contributed by atoms with Gasteiger partial charge >= 0.3 is 5.97 Å². The van der Waals surface area contributed by atoms with Gasteiger partial charge in [-0.05, 0) is 26.2 Å². The molecule has 0 atom stereocenters. The van der Waals surface area contributed by atoms with Crippen molar-refractivity contribution in [1.82, 2.24) is 9.21 Å². The maximum Gasteiger partial charge on any atom is 0.318 e. The van der Waals surface area contributed by atoms with Gasteiger partial charge in [-0.1, -0.05) is 0 Å². The number of hydrogen-bond donors (Lipinski definition) is 1. The minimum atomic E-state index is -3.89. The van der Waals surface area contributed by atoms with Crippen molar-refractivity contribution in [2.75, 3.05) is 33.7 Å². The Hall–Kier alpha value is -1.47. The summed E-state index contributed by atoms with van der Waals surface area (Å²) < 4.78 is 25.6. The molecule has 1 aromatic heterocycles. The maximum atomic E-state index is 12.4. The number of likely N-dealkylation sites (N-methyl/N-ethyl adjacent to an activating group) is 1. The SMILES string of the molecule is CN(C)CCN(CC(=O)O)S(=O)(=O)c1ccc(C#N)s1. The molecule has 0 radical (unpaired) electrons. The molecular formula is C11H15N3O4S2. The van der Waals surface area contributed by atoms with E-state index in [4.69, 9.17) is 10.4 Å². The van der Waals surface area contributed by atoms with Crippen LogP contribution >= 0.6 is 11.3 Å². The summed E-state index contributed by atoms with van der Waals surface area (Å²) in [4.78, 5) is 12.9. The van der Waals surface area contributed by atoms with Crippen LogP contribution in [0.2, 0.25) is 0 Å². The first-order chi connectivity index (χ1) is 9.27. The topological polar surface area (TPSA) is 102 Å². The van der Waals surface area contributed by atoms with Crippen LogP contribution in [-0.4, -0.2) is 62.4 Å². The predicted octanol–water partition coefficient (Wildman–Crippen LogP) is 0.257. The molecule has 1 heterocycles. The molecule has 0 aliphatic rings. The Bertz CT molecular complexity index is 616. The van der Waals surface area contributed by atoms with Crippen molar-refractivity contribution in [3.8, 4) is 6.07 Å². The average Bonchev–Trinajstić information content (AvgIpc) is 2.83. The van der Waals surface area contributed by atoms with E-state index in [1.54, 1.807) is 19.0 Å². The Morgan fingerprint density at radius 2 is 2.05 bits per heavy atom. The molecule has 0 spiro atoms. The number of nitrogens with zero attached hydrogens (tertiary/aromatic N) is 3. The Morgan fingerprint density at radius 3 is 2.50 bits per heavy atom. The van der Waals surface area contributed by atoms with Gasteiger partial charge in [0.05, 0.1) is 0 Å². The van der Waals surface area contributed by atoms with Crippen LogP contribution in [0.15, 0.2) is 16.3 Å². The highest BCUT2D eigenvalue weighted by Gasteiger charge is 2.28. The Kier molecular flexibility index (Phi) is 5.64. The van der Waals surface area contributed by atoms with Crippen LogP contribution in [-0.2, 0) is 14.8 Å².